The summed E-state index contributed by atoms with van der Waals surface area (Å²) in [5.74, 6) is 0. The van der Waals surface area contributed by atoms with Crippen LogP contribution in [0.4, 0.5) is 0 Å². The molecule has 2 heteroatoms. The molecule has 0 saturated heterocycles. The Kier molecular flexibility index (Phi) is 3.60. The van der Waals surface area contributed by atoms with Gasteiger partial charge in [0.1, 0.15) is 0 Å². The minimum atomic E-state index is 0.180. The average Bonchev–Trinajstić information content (AvgIpc) is 2.30. The van der Waals surface area contributed by atoms with Crippen LogP contribution in [0.2, 0.25) is 5.02 Å². The second-order valence-electron chi connectivity index (χ2n) is 3.68. The van der Waals surface area contributed by atoms with Crippen molar-refractivity contribution in [2.45, 2.75) is 6.42 Å². The van der Waals surface area contributed by atoms with Crippen LogP contribution in [0.15, 0.2) is 48.5 Å². The Morgan fingerprint density at radius 3 is 2.31 bits per heavy atom. The summed E-state index contributed by atoms with van der Waals surface area (Å²) in [6.45, 7) is 0.180. The molecule has 2 rings (SSSR count). The van der Waals surface area contributed by atoms with E-state index in [1.54, 1.807) is 0 Å². The first-order chi connectivity index (χ1) is 7.79. The lowest BCUT2D eigenvalue weighted by Crippen LogP contribution is -1.90. The molecule has 0 atom stereocenters. The van der Waals surface area contributed by atoms with E-state index in [4.69, 9.17) is 16.7 Å². The number of aliphatic hydroxyl groups is 1. The van der Waals surface area contributed by atoms with Gasteiger partial charge in [-0.05, 0) is 35.2 Å². The highest BCUT2D eigenvalue weighted by Gasteiger charge is 1.99. The molecule has 16 heavy (non-hydrogen) atoms. The summed E-state index contributed by atoms with van der Waals surface area (Å²) in [6.07, 6.45) is 0.689. The molecule has 0 amide bonds. The third kappa shape index (κ3) is 2.63. The number of hydrogen-bond donors (Lipinski definition) is 1. The zero-order valence-corrected chi connectivity index (χ0v) is 9.61. The van der Waals surface area contributed by atoms with Crippen LogP contribution >= 0.6 is 11.6 Å². The monoisotopic (exact) mass is 232 g/mol. The minimum absolute atomic E-state index is 0.180. The van der Waals surface area contributed by atoms with E-state index in [-0.39, 0.29) is 6.61 Å². The van der Waals surface area contributed by atoms with Gasteiger partial charge < -0.3 is 5.11 Å². The molecule has 1 nitrogen and oxygen atoms in total. The number of hydrogen-bond acceptors (Lipinski definition) is 1. The van der Waals surface area contributed by atoms with Crippen LogP contribution in [0.1, 0.15) is 5.56 Å². The van der Waals surface area contributed by atoms with Crippen LogP contribution in [0.5, 0.6) is 0 Å². The Bertz CT molecular complexity index is 480. The summed E-state index contributed by atoms with van der Waals surface area (Å²) in [5, 5.41) is 9.64. The fourth-order valence-corrected chi connectivity index (χ4v) is 1.89. The molecule has 0 fully saturated rings. The fourth-order valence-electron chi connectivity index (χ4n) is 1.70. The molecule has 0 aliphatic rings. The Hall–Kier alpha value is -1.31. The number of aliphatic hydroxyl groups excluding tert-OH is 1. The van der Waals surface area contributed by atoms with Crippen molar-refractivity contribution < 1.29 is 5.11 Å². The standard InChI is InChI=1S/C14H13ClO/c15-14-6-2-5-13(10-14)12-4-1-3-11(9-12)7-8-16/h1-6,9-10,16H,7-8H2. The van der Waals surface area contributed by atoms with Crippen LogP contribution in [-0.4, -0.2) is 11.7 Å². The van der Waals surface area contributed by atoms with Crippen molar-refractivity contribution >= 4 is 11.6 Å². The Labute approximate surface area is 100 Å². The first kappa shape index (κ1) is 11.2. The van der Waals surface area contributed by atoms with E-state index in [0.717, 1.165) is 21.7 Å². The molecule has 2 aromatic rings. The molecule has 0 saturated carbocycles. The van der Waals surface area contributed by atoms with Crippen molar-refractivity contribution in [2.24, 2.45) is 0 Å². The van der Waals surface area contributed by atoms with Crippen molar-refractivity contribution in [1.82, 2.24) is 0 Å². The quantitative estimate of drug-likeness (QED) is 0.858. The molecular formula is C14H13ClO. The Morgan fingerprint density at radius 1 is 0.938 bits per heavy atom. The maximum Gasteiger partial charge on any atom is 0.0471 e. The van der Waals surface area contributed by atoms with Crippen molar-refractivity contribution in [3.05, 3.63) is 59.1 Å². The lowest BCUT2D eigenvalue weighted by atomic mass is 10.0. The predicted octanol–water partition coefficient (Wildman–Crippen LogP) is 3.54. The fraction of sp³-hybridized carbons (Fsp3) is 0.143. The van der Waals surface area contributed by atoms with Gasteiger partial charge in [-0.2, -0.15) is 0 Å². The molecule has 82 valence electrons. The molecule has 0 aromatic heterocycles. The SMILES string of the molecule is OCCc1cccc(-c2cccc(Cl)c2)c1. The first-order valence-electron chi connectivity index (χ1n) is 5.25. The van der Waals surface area contributed by atoms with Crippen LogP contribution in [0.25, 0.3) is 11.1 Å². The summed E-state index contributed by atoms with van der Waals surface area (Å²) in [7, 11) is 0. The predicted molar refractivity (Wildman–Crippen MR) is 67.7 cm³/mol. The maximum absolute atomic E-state index is 8.90. The van der Waals surface area contributed by atoms with Crippen LogP contribution in [0, 0.1) is 0 Å². The largest absolute Gasteiger partial charge is 0.396 e. The van der Waals surface area contributed by atoms with Crippen LogP contribution in [-0.2, 0) is 6.42 Å². The molecule has 0 spiro atoms. The lowest BCUT2D eigenvalue weighted by molar-refractivity contribution is 0.299. The molecule has 0 radical (unpaired) electrons. The molecule has 0 aliphatic heterocycles. The van der Waals surface area contributed by atoms with Gasteiger partial charge in [0.15, 0.2) is 0 Å². The highest BCUT2D eigenvalue weighted by molar-refractivity contribution is 6.30. The summed E-state index contributed by atoms with van der Waals surface area (Å²) >= 11 is 5.96. The van der Waals surface area contributed by atoms with E-state index >= 15 is 0 Å². The number of rotatable bonds is 3. The number of halogens is 1. The summed E-state index contributed by atoms with van der Waals surface area (Å²) in [6, 6.07) is 15.9. The van der Waals surface area contributed by atoms with E-state index in [9.17, 15) is 0 Å². The molecular weight excluding hydrogens is 220 g/mol. The Morgan fingerprint density at radius 2 is 1.62 bits per heavy atom. The second-order valence-corrected chi connectivity index (χ2v) is 4.12. The van der Waals surface area contributed by atoms with E-state index in [2.05, 4.69) is 6.07 Å². The van der Waals surface area contributed by atoms with Gasteiger partial charge in [-0.3, -0.25) is 0 Å². The molecule has 0 aliphatic carbocycles. The van der Waals surface area contributed by atoms with Gasteiger partial charge in [0.05, 0.1) is 0 Å². The van der Waals surface area contributed by atoms with Crippen molar-refractivity contribution in [3.63, 3.8) is 0 Å². The zero-order chi connectivity index (χ0) is 11.4. The maximum atomic E-state index is 8.90. The lowest BCUT2D eigenvalue weighted by Gasteiger charge is -2.05. The van der Waals surface area contributed by atoms with E-state index in [0.29, 0.717) is 6.42 Å². The van der Waals surface area contributed by atoms with Crippen LogP contribution < -0.4 is 0 Å². The summed E-state index contributed by atoms with van der Waals surface area (Å²) in [4.78, 5) is 0. The second kappa shape index (κ2) is 5.15. The van der Waals surface area contributed by atoms with Crippen molar-refractivity contribution in [2.75, 3.05) is 6.61 Å². The Balaban J connectivity index is 2.36. The van der Waals surface area contributed by atoms with Crippen LogP contribution in [0.3, 0.4) is 0 Å². The topological polar surface area (TPSA) is 20.2 Å². The highest BCUT2D eigenvalue weighted by Crippen LogP contribution is 2.23. The third-order valence-electron chi connectivity index (χ3n) is 2.49. The van der Waals surface area contributed by atoms with Gasteiger partial charge in [-0.15, -0.1) is 0 Å². The van der Waals surface area contributed by atoms with Gasteiger partial charge >= 0.3 is 0 Å². The smallest absolute Gasteiger partial charge is 0.0471 e. The van der Waals surface area contributed by atoms with Gasteiger partial charge in [0.25, 0.3) is 0 Å². The first-order valence-corrected chi connectivity index (χ1v) is 5.63. The molecule has 0 unspecified atom stereocenters. The minimum Gasteiger partial charge on any atom is -0.396 e. The van der Waals surface area contributed by atoms with Gasteiger partial charge in [0.2, 0.25) is 0 Å². The molecule has 0 heterocycles. The van der Waals surface area contributed by atoms with E-state index < -0.39 is 0 Å². The number of benzene rings is 2. The van der Waals surface area contributed by atoms with E-state index in [1.807, 2.05) is 42.5 Å². The average molecular weight is 233 g/mol. The van der Waals surface area contributed by atoms with Gasteiger partial charge in [0, 0.05) is 11.6 Å². The third-order valence-corrected chi connectivity index (χ3v) is 2.72. The molecule has 1 N–H and O–H groups in total. The zero-order valence-electron chi connectivity index (χ0n) is 8.86. The van der Waals surface area contributed by atoms with Gasteiger partial charge in [-0.25, -0.2) is 0 Å². The molecule has 2 aromatic carbocycles. The summed E-state index contributed by atoms with van der Waals surface area (Å²) < 4.78 is 0. The summed E-state index contributed by atoms with van der Waals surface area (Å²) in [5.41, 5.74) is 3.38. The highest BCUT2D eigenvalue weighted by atomic mass is 35.5. The van der Waals surface area contributed by atoms with Gasteiger partial charge in [-0.1, -0.05) is 48.0 Å². The van der Waals surface area contributed by atoms with E-state index in [1.165, 1.54) is 0 Å². The van der Waals surface area contributed by atoms with Crippen molar-refractivity contribution in [3.8, 4) is 11.1 Å². The molecule has 0 bridgehead atoms. The van der Waals surface area contributed by atoms with Crippen molar-refractivity contribution in [1.29, 1.82) is 0 Å². The normalized spacial score (nSPS) is 10.4.